The van der Waals surface area contributed by atoms with Crippen molar-refractivity contribution >= 4 is 82.9 Å². The molecular weight excluding hydrogens is 860 g/mol. The van der Waals surface area contributed by atoms with Gasteiger partial charge in [0.2, 0.25) is 17.9 Å². The summed E-state index contributed by atoms with van der Waals surface area (Å²) in [7, 11) is -3.28. The molecule has 1 aliphatic rings. The molecule has 4 rings (SSSR count). The number of thiazole rings is 1. The molecule has 17 heteroatoms. The van der Waals surface area contributed by atoms with E-state index in [1.807, 2.05) is 74.5 Å². The van der Waals surface area contributed by atoms with E-state index in [9.17, 15) is 29.1 Å². The molecule has 0 spiro atoms. The first kappa shape index (κ1) is 49.8. The highest BCUT2D eigenvalue weighted by atomic mass is 35.5. The molecule has 0 aliphatic carbocycles. The summed E-state index contributed by atoms with van der Waals surface area (Å²) in [6.45, 7) is 16.3. The van der Waals surface area contributed by atoms with Crippen molar-refractivity contribution in [3.8, 4) is 0 Å². The molecule has 61 heavy (non-hydrogen) atoms. The maximum absolute atomic E-state index is 14.4. The smallest absolute Gasteiger partial charge is 0.358 e. The van der Waals surface area contributed by atoms with Crippen LogP contribution in [0.15, 0.2) is 66.0 Å². The van der Waals surface area contributed by atoms with Gasteiger partial charge in [0.15, 0.2) is 5.69 Å². The predicted octanol–water partition coefficient (Wildman–Crippen LogP) is 5.75. The molecule has 334 valence electrons. The van der Waals surface area contributed by atoms with Gasteiger partial charge in [0, 0.05) is 5.38 Å². The first-order chi connectivity index (χ1) is 28.3. The minimum atomic E-state index is -3.28. The zero-order valence-corrected chi connectivity index (χ0v) is 39.9. The Morgan fingerprint density at radius 2 is 1.48 bits per heavy atom. The largest absolute Gasteiger partial charge is 0.456 e. The van der Waals surface area contributed by atoms with E-state index < -0.39 is 89.2 Å². The van der Waals surface area contributed by atoms with Crippen molar-refractivity contribution in [3.63, 3.8) is 0 Å². The van der Waals surface area contributed by atoms with Gasteiger partial charge in [0.05, 0.1) is 24.6 Å². The predicted molar refractivity (Wildman–Crippen MR) is 239 cm³/mol. The van der Waals surface area contributed by atoms with E-state index in [0.29, 0.717) is 17.8 Å². The van der Waals surface area contributed by atoms with Crippen LogP contribution in [0.5, 0.6) is 0 Å². The number of rotatable bonds is 11. The fourth-order valence-corrected chi connectivity index (χ4v) is 13.1. The standard InChI is InChI=1S/C44H60Cl2N4O9SSi/c1-27(2)34-38-49-31(26-60-38)39(54)58-32(22-17-23-44(10,45)46)42(6,7)40(55)59-35(43(8,9)56)37(53)48-30(36(52)47-24-33(51)50-34)25-57-61(41(3,4)5,28-18-13-11-14-19-28)29-20-15-12-16-21-29/h11-16,18-21,26-27,30,32,34-35,56H,17,22-25H2,1-10H3,(H,47,52)(H,48,53)(H,50,51)/t30-,32+,34+,35-/m1/s1. The van der Waals surface area contributed by atoms with Crippen molar-refractivity contribution in [3.05, 3.63) is 76.7 Å². The molecule has 4 N–H and O–H groups in total. The van der Waals surface area contributed by atoms with Gasteiger partial charge in [-0.1, -0.05) is 95.3 Å². The monoisotopic (exact) mass is 918 g/mol. The maximum atomic E-state index is 14.4. The second-order valence-corrected chi connectivity index (χ2v) is 25.2. The van der Waals surface area contributed by atoms with E-state index in [4.69, 9.17) is 37.1 Å². The molecule has 1 aliphatic heterocycles. The number of nitrogens with zero attached hydrogens (tertiary/aromatic N) is 1. The van der Waals surface area contributed by atoms with Gasteiger partial charge in [0.25, 0.3) is 14.2 Å². The van der Waals surface area contributed by atoms with Crippen LogP contribution in [-0.4, -0.2) is 89.4 Å². The first-order valence-corrected chi connectivity index (χ1v) is 23.9. The van der Waals surface area contributed by atoms with Gasteiger partial charge < -0.3 is 35.0 Å². The van der Waals surface area contributed by atoms with E-state index in [-0.39, 0.29) is 24.6 Å². The zero-order valence-electron chi connectivity index (χ0n) is 36.6. The Labute approximate surface area is 374 Å². The van der Waals surface area contributed by atoms with Crippen LogP contribution in [0.25, 0.3) is 0 Å². The summed E-state index contributed by atoms with van der Waals surface area (Å²) >= 11 is 13.7. The SMILES string of the molecule is CC(C)[C@@H]1NC(=O)CNC(=O)[C@@H](CO[Si](c2ccccc2)(c2ccccc2)C(C)(C)C)NC(=O)[C@H](C(C)(C)O)OC(=O)C(C)(C)[C@H](CCCC(C)(Cl)Cl)OC(=O)c2csc1n2. The zero-order chi connectivity index (χ0) is 45.6. The lowest BCUT2D eigenvalue weighted by atomic mass is 9.83. The molecule has 2 heterocycles. The number of aliphatic hydroxyl groups is 1. The molecule has 1 aromatic heterocycles. The summed E-state index contributed by atoms with van der Waals surface area (Å²) in [5, 5.41) is 22.8. The van der Waals surface area contributed by atoms with Crippen molar-refractivity contribution in [2.45, 2.75) is 128 Å². The molecular formula is C44H60Cl2N4O9SSi. The molecule has 0 radical (unpaired) electrons. The number of benzene rings is 2. The number of hydrogen-bond donors (Lipinski definition) is 4. The number of amides is 3. The number of carbonyl (C=O) groups excluding carboxylic acids is 5. The third kappa shape index (κ3) is 12.6. The number of alkyl halides is 2. The summed E-state index contributed by atoms with van der Waals surface area (Å²) in [6.07, 6.45) is -2.27. The van der Waals surface area contributed by atoms with Crippen LogP contribution >= 0.6 is 34.5 Å². The number of cyclic esters (lactones) is 2. The average molecular weight is 920 g/mol. The van der Waals surface area contributed by atoms with Crippen molar-refractivity contribution in [1.82, 2.24) is 20.9 Å². The average Bonchev–Trinajstić information content (AvgIpc) is 3.66. The Bertz CT molecular complexity index is 1960. The summed E-state index contributed by atoms with van der Waals surface area (Å²) < 4.78 is 17.8. The Kier molecular flexibility index (Phi) is 16.4. The van der Waals surface area contributed by atoms with E-state index in [1.54, 1.807) is 6.92 Å². The van der Waals surface area contributed by atoms with E-state index >= 15 is 0 Å². The fourth-order valence-electron chi connectivity index (χ4n) is 7.22. The number of esters is 2. The topological polar surface area (TPSA) is 182 Å². The second kappa shape index (κ2) is 20.1. The highest BCUT2D eigenvalue weighted by molar-refractivity contribution is 7.10. The minimum Gasteiger partial charge on any atom is -0.456 e. The number of aromatic nitrogens is 1. The molecule has 2 bridgehead atoms. The number of ether oxygens (including phenoxy) is 2. The molecule has 0 unspecified atom stereocenters. The normalized spacial score (nSPS) is 21.6. The van der Waals surface area contributed by atoms with E-state index in [0.717, 1.165) is 21.7 Å². The Morgan fingerprint density at radius 1 is 0.902 bits per heavy atom. The highest BCUT2D eigenvalue weighted by Gasteiger charge is 2.51. The third-order valence-electron chi connectivity index (χ3n) is 10.7. The van der Waals surface area contributed by atoms with Crippen LogP contribution in [0.4, 0.5) is 0 Å². The third-order valence-corrected chi connectivity index (χ3v) is 17.0. The number of nitrogens with one attached hydrogen (secondary N) is 3. The van der Waals surface area contributed by atoms with Crippen LogP contribution in [0.2, 0.25) is 5.04 Å². The quantitative estimate of drug-likeness (QED) is 0.105. The number of hydrogen-bond acceptors (Lipinski definition) is 11. The Balaban J connectivity index is 1.81. The van der Waals surface area contributed by atoms with Gasteiger partial charge in [-0.2, -0.15) is 0 Å². The van der Waals surface area contributed by atoms with Gasteiger partial charge in [-0.3, -0.25) is 19.2 Å². The van der Waals surface area contributed by atoms with E-state index in [1.165, 1.54) is 33.1 Å². The van der Waals surface area contributed by atoms with Crippen LogP contribution < -0.4 is 26.3 Å². The molecule has 0 fully saturated rings. The molecule has 2 aromatic carbocycles. The molecule has 0 saturated heterocycles. The lowest BCUT2D eigenvalue weighted by Gasteiger charge is -2.43. The first-order valence-electron chi connectivity index (χ1n) is 20.4. The molecule has 13 nitrogen and oxygen atoms in total. The van der Waals surface area contributed by atoms with Crippen molar-refractivity contribution < 1.29 is 43.0 Å². The fraction of sp³-hybridized carbons (Fsp3) is 0.545. The molecule has 0 saturated carbocycles. The Hall–Kier alpha value is -3.86. The lowest BCUT2D eigenvalue weighted by molar-refractivity contribution is -0.183. The summed E-state index contributed by atoms with van der Waals surface area (Å²) in [6, 6.07) is 17.3. The van der Waals surface area contributed by atoms with Gasteiger partial charge in [-0.05, 0) is 75.2 Å². The molecule has 3 amide bonds. The van der Waals surface area contributed by atoms with Gasteiger partial charge >= 0.3 is 11.9 Å². The van der Waals surface area contributed by atoms with Crippen LogP contribution in [-0.2, 0) is 33.1 Å². The second-order valence-electron chi connectivity index (χ2n) is 18.1. The highest BCUT2D eigenvalue weighted by Crippen LogP contribution is 2.38. The van der Waals surface area contributed by atoms with Crippen molar-refractivity contribution in [2.75, 3.05) is 13.2 Å². The summed E-state index contributed by atoms with van der Waals surface area (Å²) in [4.78, 5) is 74.5. The van der Waals surface area contributed by atoms with Crippen molar-refractivity contribution in [1.29, 1.82) is 0 Å². The lowest BCUT2D eigenvalue weighted by Crippen LogP contribution is -2.68. The van der Waals surface area contributed by atoms with Crippen LogP contribution in [0, 0.1) is 11.3 Å². The van der Waals surface area contributed by atoms with Crippen LogP contribution in [0.3, 0.4) is 0 Å². The Morgan fingerprint density at radius 3 is 1.98 bits per heavy atom. The molecule has 4 atom stereocenters. The van der Waals surface area contributed by atoms with Gasteiger partial charge in [0.1, 0.15) is 27.1 Å². The van der Waals surface area contributed by atoms with E-state index in [2.05, 4.69) is 41.7 Å². The van der Waals surface area contributed by atoms with Crippen LogP contribution in [0.1, 0.15) is 110 Å². The van der Waals surface area contributed by atoms with Gasteiger partial charge in [-0.25, -0.2) is 9.78 Å². The molecule has 3 aromatic rings. The summed E-state index contributed by atoms with van der Waals surface area (Å²) in [5.41, 5.74) is -3.63. The number of fused-ring (bicyclic) bond motifs is 2. The number of carbonyl (C=O) groups is 5. The van der Waals surface area contributed by atoms with Gasteiger partial charge in [-0.15, -0.1) is 34.5 Å². The minimum absolute atomic E-state index is 0.0442. The maximum Gasteiger partial charge on any atom is 0.358 e. The van der Waals surface area contributed by atoms with Crippen molar-refractivity contribution in [2.24, 2.45) is 11.3 Å². The summed E-state index contributed by atoms with van der Waals surface area (Å²) in [5.74, 6) is -4.30. The number of halogens is 2.